The van der Waals surface area contributed by atoms with Crippen LogP contribution in [0.1, 0.15) is 34.3 Å². The van der Waals surface area contributed by atoms with Crippen LogP contribution < -0.4 is 5.32 Å². The van der Waals surface area contributed by atoms with Gasteiger partial charge in [0.1, 0.15) is 0 Å². The van der Waals surface area contributed by atoms with Crippen molar-refractivity contribution in [3.63, 3.8) is 0 Å². The number of pyridine rings is 1. The first kappa shape index (κ1) is 21.1. The molecule has 0 bridgehead atoms. The molecule has 0 saturated heterocycles. The molecule has 0 saturated carbocycles. The predicted molar refractivity (Wildman–Crippen MR) is 125 cm³/mol. The predicted octanol–water partition coefficient (Wildman–Crippen LogP) is 6.21. The fourth-order valence-electron chi connectivity index (χ4n) is 3.22. The minimum atomic E-state index is -0.255. The van der Waals surface area contributed by atoms with Gasteiger partial charge in [-0.05, 0) is 44.2 Å². The second-order valence-corrected chi connectivity index (χ2v) is 9.92. The van der Waals surface area contributed by atoms with Gasteiger partial charge in [-0.2, -0.15) is 5.26 Å². The zero-order chi connectivity index (χ0) is 22.0. The molecule has 4 aromatic rings. The Hall–Kier alpha value is -3.15. The van der Waals surface area contributed by atoms with E-state index in [1.807, 2.05) is 50.2 Å². The summed E-state index contributed by atoms with van der Waals surface area (Å²) in [6.45, 7) is 5.82. The Labute approximate surface area is 188 Å². The number of nitrogens with one attached hydrogen (secondary N) is 1. The number of aryl methyl sites for hydroxylation is 2. The maximum absolute atomic E-state index is 13.4. The lowest BCUT2D eigenvalue weighted by Crippen LogP contribution is -2.14. The van der Waals surface area contributed by atoms with E-state index in [-0.39, 0.29) is 11.2 Å². The van der Waals surface area contributed by atoms with Crippen molar-refractivity contribution in [1.82, 2.24) is 10.1 Å². The average molecular weight is 449 g/mol. The number of nitriles is 1. The first-order valence-electron chi connectivity index (χ1n) is 9.74. The molecule has 3 heterocycles. The Morgan fingerprint density at radius 3 is 2.84 bits per heavy atom. The standard InChI is InChI=1S/C23H20N4O2S2/c1-13-8-9-20(30-13)18-12-16(21-15(3)27-29-23(21)26-18)22(28)25-17-6-4-5-7-19(17)31-14(2)10-11-24/h4-9,12,14H,10H2,1-3H3,(H,25,28). The molecule has 0 aliphatic heterocycles. The molecular formula is C23H20N4O2S2. The van der Waals surface area contributed by atoms with E-state index in [9.17, 15) is 4.79 Å². The van der Waals surface area contributed by atoms with Crippen molar-refractivity contribution >= 4 is 45.8 Å². The molecule has 1 unspecified atom stereocenters. The Bertz CT molecular complexity index is 1300. The molecule has 1 amide bonds. The van der Waals surface area contributed by atoms with Crippen molar-refractivity contribution < 1.29 is 9.32 Å². The quantitative estimate of drug-likeness (QED) is 0.352. The van der Waals surface area contributed by atoms with Gasteiger partial charge in [0.25, 0.3) is 11.6 Å². The van der Waals surface area contributed by atoms with Crippen LogP contribution >= 0.6 is 23.1 Å². The lowest BCUT2D eigenvalue weighted by Gasteiger charge is -2.14. The molecule has 0 aliphatic rings. The lowest BCUT2D eigenvalue weighted by atomic mass is 10.1. The van der Waals surface area contributed by atoms with E-state index < -0.39 is 0 Å². The van der Waals surface area contributed by atoms with E-state index >= 15 is 0 Å². The van der Waals surface area contributed by atoms with Crippen LogP contribution in [0.3, 0.4) is 0 Å². The maximum Gasteiger partial charge on any atom is 0.259 e. The third-order valence-corrected chi connectivity index (χ3v) is 6.90. The third-order valence-electron chi connectivity index (χ3n) is 4.70. The number of rotatable bonds is 6. The molecular weight excluding hydrogens is 428 g/mol. The number of thiophene rings is 1. The van der Waals surface area contributed by atoms with Crippen molar-refractivity contribution in [1.29, 1.82) is 5.26 Å². The third kappa shape index (κ3) is 4.48. The van der Waals surface area contributed by atoms with Crippen LogP contribution in [-0.2, 0) is 0 Å². The molecule has 1 atom stereocenters. The van der Waals surface area contributed by atoms with Crippen LogP contribution in [0.5, 0.6) is 0 Å². The summed E-state index contributed by atoms with van der Waals surface area (Å²) < 4.78 is 5.39. The van der Waals surface area contributed by atoms with Gasteiger partial charge in [0.05, 0.1) is 39.0 Å². The van der Waals surface area contributed by atoms with Crippen LogP contribution in [0.15, 0.2) is 51.9 Å². The monoisotopic (exact) mass is 448 g/mol. The number of fused-ring (bicyclic) bond motifs is 1. The second-order valence-electron chi connectivity index (χ2n) is 7.15. The van der Waals surface area contributed by atoms with Crippen LogP contribution in [-0.4, -0.2) is 21.3 Å². The Balaban J connectivity index is 1.72. The van der Waals surface area contributed by atoms with E-state index in [1.165, 1.54) is 0 Å². The van der Waals surface area contributed by atoms with Gasteiger partial charge in [-0.1, -0.05) is 24.2 Å². The molecule has 4 rings (SSSR count). The molecule has 6 nitrogen and oxygen atoms in total. The largest absolute Gasteiger partial charge is 0.335 e. The fourth-order valence-corrected chi connectivity index (χ4v) is 5.04. The van der Waals surface area contributed by atoms with E-state index in [4.69, 9.17) is 9.78 Å². The summed E-state index contributed by atoms with van der Waals surface area (Å²) in [4.78, 5) is 21.0. The number of hydrogen-bond acceptors (Lipinski definition) is 7. The number of nitrogens with zero attached hydrogens (tertiary/aromatic N) is 3. The number of benzene rings is 1. The summed E-state index contributed by atoms with van der Waals surface area (Å²) in [6.07, 6.45) is 0.432. The molecule has 156 valence electrons. The highest BCUT2D eigenvalue weighted by Crippen LogP contribution is 2.34. The summed E-state index contributed by atoms with van der Waals surface area (Å²) in [7, 11) is 0. The molecule has 0 radical (unpaired) electrons. The van der Waals surface area contributed by atoms with Crippen molar-refractivity contribution in [3.8, 4) is 16.6 Å². The van der Waals surface area contributed by atoms with Gasteiger partial charge < -0.3 is 9.84 Å². The zero-order valence-corrected chi connectivity index (χ0v) is 18.9. The van der Waals surface area contributed by atoms with Gasteiger partial charge in [0.2, 0.25) is 0 Å². The van der Waals surface area contributed by atoms with Gasteiger partial charge in [-0.3, -0.25) is 4.79 Å². The number of carbonyl (C=O) groups is 1. The molecule has 0 aliphatic carbocycles. The van der Waals surface area contributed by atoms with Gasteiger partial charge in [0, 0.05) is 21.4 Å². The number of amides is 1. The summed E-state index contributed by atoms with van der Waals surface area (Å²) >= 11 is 3.17. The highest BCUT2D eigenvalue weighted by molar-refractivity contribution is 8.00. The average Bonchev–Trinajstić information content (AvgIpc) is 3.35. The molecule has 0 fully saturated rings. The van der Waals surface area contributed by atoms with Crippen molar-refractivity contribution in [2.45, 2.75) is 37.3 Å². The second kappa shape index (κ2) is 8.92. The van der Waals surface area contributed by atoms with Gasteiger partial charge >= 0.3 is 0 Å². The van der Waals surface area contributed by atoms with Crippen LogP contribution in [0.2, 0.25) is 0 Å². The van der Waals surface area contributed by atoms with Gasteiger partial charge in [-0.25, -0.2) is 4.98 Å². The van der Waals surface area contributed by atoms with Gasteiger partial charge in [0.15, 0.2) is 0 Å². The molecule has 31 heavy (non-hydrogen) atoms. The van der Waals surface area contributed by atoms with E-state index in [1.54, 1.807) is 36.1 Å². The first-order valence-corrected chi connectivity index (χ1v) is 11.4. The Morgan fingerprint density at radius 1 is 1.29 bits per heavy atom. The minimum Gasteiger partial charge on any atom is -0.335 e. The highest BCUT2D eigenvalue weighted by Gasteiger charge is 2.21. The van der Waals surface area contributed by atoms with E-state index in [2.05, 4.69) is 21.5 Å². The summed E-state index contributed by atoms with van der Waals surface area (Å²) in [5, 5.41) is 16.7. The molecule has 3 aromatic heterocycles. The number of para-hydroxylation sites is 1. The number of carbonyl (C=O) groups excluding carboxylic acids is 1. The molecule has 1 N–H and O–H groups in total. The Morgan fingerprint density at radius 2 is 2.10 bits per heavy atom. The van der Waals surface area contributed by atoms with Gasteiger partial charge in [-0.15, -0.1) is 23.1 Å². The van der Waals surface area contributed by atoms with E-state index in [0.29, 0.717) is 40.2 Å². The minimum absolute atomic E-state index is 0.115. The molecule has 1 aromatic carbocycles. The number of hydrogen-bond donors (Lipinski definition) is 1. The van der Waals surface area contributed by atoms with Crippen molar-refractivity contribution in [2.24, 2.45) is 0 Å². The Kier molecular flexibility index (Phi) is 6.07. The number of anilines is 1. The van der Waals surface area contributed by atoms with Crippen LogP contribution in [0.25, 0.3) is 21.7 Å². The fraction of sp³-hybridized carbons (Fsp3) is 0.217. The van der Waals surface area contributed by atoms with Crippen molar-refractivity contribution in [3.05, 3.63) is 58.6 Å². The summed E-state index contributed by atoms with van der Waals surface area (Å²) in [5.41, 5.74) is 2.81. The summed E-state index contributed by atoms with van der Waals surface area (Å²) in [6, 6.07) is 15.6. The smallest absolute Gasteiger partial charge is 0.259 e. The topological polar surface area (TPSA) is 91.8 Å². The SMILES string of the molecule is Cc1ccc(-c2cc(C(=O)Nc3ccccc3SC(C)CC#N)c3c(C)noc3n2)s1. The number of thioether (sulfide) groups is 1. The normalized spacial score (nSPS) is 11.9. The number of aromatic nitrogens is 2. The van der Waals surface area contributed by atoms with Crippen LogP contribution in [0.4, 0.5) is 5.69 Å². The van der Waals surface area contributed by atoms with Crippen LogP contribution in [0, 0.1) is 25.2 Å². The maximum atomic E-state index is 13.4. The van der Waals surface area contributed by atoms with E-state index in [0.717, 1.165) is 14.6 Å². The zero-order valence-electron chi connectivity index (χ0n) is 17.3. The first-order chi connectivity index (χ1) is 15.0. The molecule has 8 heteroatoms. The summed E-state index contributed by atoms with van der Waals surface area (Å²) in [5.74, 6) is -0.255. The molecule has 0 spiro atoms. The highest BCUT2D eigenvalue weighted by atomic mass is 32.2. The lowest BCUT2D eigenvalue weighted by molar-refractivity contribution is 0.102. The van der Waals surface area contributed by atoms with Crippen molar-refractivity contribution in [2.75, 3.05) is 5.32 Å².